The van der Waals surface area contributed by atoms with Crippen molar-refractivity contribution < 1.29 is 19.8 Å². The van der Waals surface area contributed by atoms with Crippen molar-refractivity contribution in [1.82, 2.24) is 0 Å². The Morgan fingerprint density at radius 3 is 1.56 bits per heavy atom. The standard InChI is InChI=1S/C5H7O4/c1-2-3(4(6)7)5(8)9/h2H2,1H3,(H,6,7)(H,8,9). The molecule has 1 radical (unpaired) electrons. The minimum absolute atomic E-state index is 0.0463. The van der Waals surface area contributed by atoms with Gasteiger partial charge >= 0.3 is 11.9 Å². The van der Waals surface area contributed by atoms with Crippen LogP contribution in [0.15, 0.2) is 0 Å². The van der Waals surface area contributed by atoms with E-state index in [0.29, 0.717) is 0 Å². The Hall–Kier alpha value is -1.06. The van der Waals surface area contributed by atoms with Crippen molar-refractivity contribution in [3.05, 3.63) is 5.92 Å². The minimum atomic E-state index is -1.36. The van der Waals surface area contributed by atoms with Gasteiger partial charge in [0.05, 0.1) is 0 Å². The molecule has 0 aliphatic carbocycles. The molecular weight excluding hydrogens is 124 g/mol. The van der Waals surface area contributed by atoms with Crippen LogP contribution < -0.4 is 0 Å². The fraction of sp³-hybridized carbons (Fsp3) is 0.400. The number of rotatable bonds is 3. The minimum Gasteiger partial charge on any atom is -0.480 e. The number of hydrogen-bond acceptors (Lipinski definition) is 2. The van der Waals surface area contributed by atoms with E-state index < -0.39 is 17.9 Å². The number of carbonyl (C=O) groups is 2. The zero-order valence-corrected chi connectivity index (χ0v) is 4.92. The monoisotopic (exact) mass is 131 g/mol. The third-order valence-electron chi connectivity index (χ3n) is 0.870. The van der Waals surface area contributed by atoms with E-state index >= 15 is 0 Å². The summed E-state index contributed by atoms with van der Waals surface area (Å²) in [5, 5.41) is 16.3. The Morgan fingerprint density at radius 1 is 1.22 bits per heavy atom. The van der Waals surface area contributed by atoms with Crippen LogP contribution >= 0.6 is 0 Å². The average molecular weight is 131 g/mol. The molecule has 4 nitrogen and oxygen atoms in total. The number of carboxylic acids is 2. The van der Waals surface area contributed by atoms with E-state index in [1.54, 1.807) is 0 Å². The molecule has 0 aliphatic heterocycles. The van der Waals surface area contributed by atoms with Gasteiger partial charge in [0.25, 0.3) is 0 Å². The zero-order valence-electron chi connectivity index (χ0n) is 4.92. The highest BCUT2D eigenvalue weighted by atomic mass is 16.4. The molecule has 2 N–H and O–H groups in total. The van der Waals surface area contributed by atoms with Crippen molar-refractivity contribution in [2.24, 2.45) is 0 Å². The maximum absolute atomic E-state index is 9.95. The van der Waals surface area contributed by atoms with Crippen LogP contribution in [0.2, 0.25) is 0 Å². The highest BCUT2D eigenvalue weighted by molar-refractivity contribution is 6.07. The van der Waals surface area contributed by atoms with Gasteiger partial charge in [-0.1, -0.05) is 6.92 Å². The van der Waals surface area contributed by atoms with Crippen LogP contribution in [-0.4, -0.2) is 22.2 Å². The first-order valence-electron chi connectivity index (χ1n) is 2.42. The lowest BCUT2D eigenvalue weighted by Crippen LogP contribution is -2.19. The molecule has 51 valence electrons. The predicted octanol–water partition coefficient (Wildman–Crippen LogP) is 0.140. The molecule has 0 amide bonds. The summed E-state index contributed by atoms with van der Waals surface area (Å²) in [6.07, 6.45) is 0.0463. The molecule has 0 aromatic carbocycles. The summed E-state index contributed by atoms with van der Waals surface area (Å²) in [6, 6.07) is 0. The topological polar surface area (TPSA) is 74.6 Å². The second-order valence-corrected chi connectivity index (χ2v) is 1.44. The lowest BCUT2D eigenvalue weighted by molar-refractivity contribution is -0.144. The smallest absolute Gasteiger partial charge is 0.322 e. The molecule has 0 heterocycles. The highest BCUT2D eigenvalue weighted by Gasteiger charge is 2.24. The molecule has 0 saturated heterocycles. The summed E-state index contributed by atoms with van der Waals surface area (Å²) >= 11 is 0. The van der Waals surface area contributed by atoms with E-state index in [-0.39, 0.29) is 6.42 Å². The van der Waals surface area contributed by atoms with Gasteiger partial charge < -0.3 is 10.2 Å². The van der Waals surface area contributed by atoms with Gasteiger partial charge in [0.2, 0.25) is 0 Å². The maximum atomic E-state index is 9.95. The van der Waals surface area contributed by atoms with E-state index in [9.17, 15) is 9.59 Å². The third-order valence-corrected chi connectivity index (χ3v) is 0.870. The Morgan fingerprint density at radius 2 is 1.56 bits per heavy atom. The van der Waals surface area contributed by atoms with E-state index in [0.717, 1.165) is 0 Å². The summed E-state index contributed by atoms with van der Waals surface area (Å²) in [7, 11) is 0. The zero-order chi connectivity index (χ0) is 7.44. The van der Waals surface area contributed by atoms with Crippen LogP contribution in [0.4, 0.5) is 0 Å². The molecule has 0 fully saturated rings. The Balaban J connectivity index is 3.99. The molecule has 0 saturated carbocycles. The van der Waals surface area contributed by atoms with Crippen LogP contribution in [0.3, 0.4) is 0 Å². The molecule has 9 heavy (non-hydrogen) atoms. The third kappa shape index (κ3) is 2.12. The van der Waals surface area contributed by atoms with Gasteiger partial charge in [0, 0.05) is 0 Å². The first kappa shape index (κ1) is 7.94. The summed E-state index contributed by atoms with van der Waals surface area (Å²) in [5.41, 5.74) is 0. The average Bonchev–Trinajstić information content (AvgIpc) is 1.64. The van der Waals surface area contributed by atoms with E-state index in [1.165, 1.54) is 6.92 Å². The number of hydrogen-bond donors (Lipinski definition) is 2. The van der Waals surface area contributed by atoms with Crippen molar-refractivity contribution in [1.29, 1.82) is 0 Å². The van der Waals surface area contributed by atoms with Crippen molar-refractivity contribution in [2.75, 3.05) is 0 Å². The molecule has 0 unspecified atom stereocenters. The van der Waals surface area contributed by atoms with Crippen LogP contribution in [0, 0.1) is 5.92 Å². The highest BCUT2D eigenvalue weighted by Crippen LogP contribution is 2.03. The molecule has 0 spiro atoms. The molecule has 0 aromatic heterocycles. The quantitative estimate of drug-likeness (QED) is 0.534. The van der Waals surface area contributed by atoms with Gasteiger partial charge in [-0.3, -0.25) is 9.59 Å². The first-order chi connectivity index (χ1) is 4.09. The molecule has 4 heteroatoms. The van der Waals surface area contributed by atoms with E-state index in [2.05, 4.69) is 0 Å². The second kappa shape index (κ2) is 3.06. The molecule has 0 atom stereocenters. The van der Waals surface area contributed by atoms with Gasteiger partial charge in [-0.2, -0.15) is 0 Å². The van der Waals surface area contributed by atoms with Crippen LogP contribution in [0.25, 0.3) is 0 Å². The summed E-state index contributed by atoms with van der Waals surface area (Å²) in [5.74, 6) is -3.19. The molecule has 0 aromatic rings. The molecule has 0 bridgehead atoms. The second-order valence-electron chi connectivity index (χ2n) is 1.44. The van der Waals surface area contributed by atoms with Gasteiger partial charge in [-0.25, -0.2) is 0 Å². The van der Waals surface area contributed by atoms with Crippen molar-refractivity contribution in [3.8, 4) is 0 Å². The van der Waals surface area contributed by atoms with Crippen molar-refractivity contribution in [3.63, 3.8) is 0 Å². The summed E-state index contributed by atoms with van der Waals surface area (Å²) in [4.78, 5) is 19.9. The Bertz CT molecular complexity index is 115. The number of carboxylic acid groups (broad SMARTS) is 2. The predicted molar refractivity (Wildman–Crippen MR) is 28.8 cm³/mol. The van der Waals surface area contributed by atoms with Crippen LogP contribution in [-0.2, 0) is 9.59 Å². The lowest BCUT2D eigenvalue weighted by atomic mass is 10.1. The normalized spacial score (nSPS) is 9.56. The van der Waals surface area contributed by atoms with Crippen molar-refractivity contribution in [2.45, 2.75) is 13.3 Å². The maximum Gasteiger partial charge on any atom is 0.322 e. The lowest BCUT2D eigenvalue weighted by Gasteiger charge is -1.98. The molecule has 0 aliphatic rings. The summed E-state index contributed by atoms with van der Waals surface area (Å²) in [6.45, 7) is 1.48. The Kier molecular flexibility index (Phi) is 2.70. The van der Waals surface area contributed by atoms with Gasteiger partial charge in [0.1, 0.15) is 0 Å². The fourth-order valence-electron chi connectivity index (χ4n) is 0.394. The van der Waals surface area contributed by atoms with E-state index in [4.69, 9.17) is 10.2 Å². The fourth-order valence-corrected chi connectivity index (χ4v) is 0.394. The van der Waals surface area contributed by atoms with Gasteiger partial charge in [-0.15, -0.1) is 0 Å². The Labute approximate surface area is 52.1 Å². The molecule has 0 rings (SSSR count). The largest absolute Gasteiger partial charge is 0.480 e. The van der Waals surface area contributed by atoms with E-state index in [1.807, 2.05) is 0 Å². The first-order valence-corrected chi connectivity index (χ1v) is 2.42. The SMILES string of the molecule is CC[C](C(=O)O)C(=O)O. The summed E-state index contributed by atoms with van der Waals surface area (Å²) < 4.78 is 0. The van der Waals surface area contributed by atoms with Crippen molar-refractivity contribution >= 4 is 11.9 Å². The number of aliphatic carboxylic acids is 2. The van der Waals surface area contributed by atoms with Crippen LogP contribution in [0.5, 0.6) is 0 Å². The molecular formula is C5H7O4. The van der Waals surface area contributed by atoms with Crippen LogP contribution in [0.1, 0.15) is 13.3 Å². The van der Waals surface area contributed by atoms with Gasteiger partial charge in [0.15, 0.2) is 5.92 Å². The van der Waals surface area contributed by atoms with Gasteiger partial charge in [-0.05, 0) is 6.42 Å².